The summed E-state index contributed by atoms with van der Waals surface area (Å²) in [5.41, 5.74) is 3.10. The zero-order chi connectivity index (χ0) is 16.7. The van der Waals surface area contributed by atoms with Crippen molar-refractivity contribution in [1.29, 1.82) is 0 Å². The Kier molecular flexibility index (Phi) is 3.61. The Morgan fingerprint density at radius 1 is 1.33 bits per heavy atom. The van der Waals surface area contributed by atoms with Gasteiger partial charge in [0.1, 0.15) is 5.82 Å². The van der Waals surface area contributed by atoms with Gasteiger partial charge < -0.3 is 15.6 Å². The summed E-state index contributed by atoms with van der Waals surface area (Å²) >= 11 is 5.77. The van der Waals surface area contributed by atoms with Gasteiger partial charge in [0, 0.05) is 30.6 Å². The molecule has 0 aliphatic carbocycles. The molecule has 7 heteroatoms. The van der Waals surface area contributed by atoms with Gasteiger partial charge in [-0.25, -0.2) is 9.37 Å². The number of carbonyl (C=O) groups is 1. The predicted octanol–water partition coefficient (Wildman–Crippen LogP) is 3.89. The number of fused-ring (bicyclic) bond motifs is 2. The SMILES string of the molecule is O=C1CC(CNc2nc3cc(Cl)c(F)cc3[nH]2)c2ccccc2N1. The molecule has 24 heavy (non-hydrogen) atoms. The molecule has 0 bridgehead atoms. The van der Waals surface area contributed by atoms with Crippen LogP contribution in [0.15, 0.2) is 36.4 Å². The normalized spacial score (nSPS) is 16.8. The summed E-state index contributed by atoms with van der Waals surface area (Å²) in [7, 11) is 0. The van der Waals surface area contributed by atoms with Crippen molar-refractivity contribution in [2.45, 2.75) is 12.3 Å². The number of hydrogen-bond donors (Lipinski definition) is 3. The van der Waals surface area contributed by atoms with Crippen LogP contribution in [0.3, 0.4) is 0 Å². The molecule has 0 radical (unpaired) electrons. The molecule has 1 amide bonds. The van der Waals surface area contributed by atoms with E-state index in [1.807, 2.05) is 24.3 Å². The molecular formula is C17H14ClFN4O. The molecule has 1 atom stereocenters. The van der Waals surface area contributed by atoms with Gasteiger partial charge in [0.15, 0.2) is 0 Å². The van der Waals surface area contributed by atoms with Crippen molar-refractivity contribution in [1.82, 2.24) is 9.97 Å². The number of nitrogens with one attached hydrogen (secondary N) is 3. The minimum absolute atomic E-state index is 0.000964. The second kappa shape index (κ2) is 5.79. The lowest BCUT2D eigenvalue weighted by Gasteiger charge is -2.25. The Bertz CT molecular complexity index is 900. The average molecular weight is 345 g/mol. The lowest BCUT2D eigenvalue weighted by Crippen LogP contribution is -2.26. The monoisotopic (exact) mass is 344 g/mol. The highest BCUT2D eigenvalue weighted by Gasteiger charge is 2.24. The zero-order valence-corrected chi connectivity index (χ0v) is 13.3. The van der Waals surface area contributed by atoms with Crippen molar-refractivity contribution in [2.24, 2.45) is 0 Å². The molecule has 1 aromatic heterocycles. The highest BCUT2D eigenvalue weighted by molar-refractivity contribution is 6.31. The van der Waals surface area contributed by atoms with Crippen LogP contribution >= 0.6 is 11.6 Å². The van der Waals surface area contributed by atoms with E-state index in [4.69, 9.17) is 11.6 Å². The Labute approximate surface area is 142 Å². The van der Waals surface area contributed by atoms with Crippen LogP contribution in [0.4, 0.5) is 16.0 Å². The number of aromatic amines is 1. The standard InChI is InChI=1S/C17H14ClFN4O/c18-11-6-14-15(7-12(11)19)23-17(22-14)20-8-9-5-16(24)21-13-4-2-1-3-10(9)13/h1-4,6-7,9H,5,8H2,(H,21,24)(H2,20,22,23). The number of para-hydroxylation sites is 1. The number of nitrogens with zero attached hydrogens (tertiary/aromatic N) is 1. The summed E-state index contributed by atoms with van der Waals surface area (Å²) in [6, 6.07) is 10.6. The van der Waals surface area contributed by atoms with Crippen LogP contribution in [0.2, 0.25) is 5.02 Å². The quantitative estimate of drug-likeness (QED) is 0.675. The molecule has 2 heterocycles. The van der Waals surface area contributed by atoms with Crippen LogP contribution in [-0.4, -0.2) is 22.4 Å². The van der Waals surface area contributed by atoms with E-state index in [2.05, 4.69) is 20.6 Å². The van der Waals surface area contributed by atoms with E-state index in [0.29, 0.717) is 29.9 Å². The fraction of sp³-hybridized carbons (Fsp3) is 0.176. The number of imidazole rings is 1. The number of halogens is 2. The van der Waals surface area contributed by atoms with Gasteiger partial charge in [-0.05, 0) is 17.7 Å². The maximum atomic E-state index is 13.5. The van der Waals surface area contributed by atoms with E-state index < -0.39 is 5.82 Å². The topological polar surface area (TPSA) is 69.8 Å². The number of hydrogen-bond acceptors (Lipinski definition) is 3. The van der Waals surface area contributed by atoms with Gasteiger partial charge in [-0.1, -0.05) is 29.8 Å². The first kappa shape index (κ1) is 15.0. The summed E-state index contributed by atoms with van der Waals surface area (Å²) in [6.45, 7) is 0.542. The molecule has 0 saturated heterocycles. The fourth-order valence-corrected chi connectivity index (χ4v) is 3.15. The van der Waals surface area contributed by atoms with Crippen LogP contribution in [0.5, 0.6) is 0 Å². The zero-order valence-electron chi connectivity index (χ0n) is 12.6. The molecule has 3 N–H and O–H groups in total. The molecule has 4 rings (SSSR count). The second-order valence-corrected chi connectivity index (χ2v) is 6.19. The summed E-state index contributed by atoms with van der Waals surface area (Å²) in [5.74, 6) is 0.0785. The van der Waals surface area contributed by atoms with Crippen molar-refractivity contribution in [2.75, 3.05) is 17.2 Å². The van der Waals surface area contributed by atoms with Crippen LogP contribution in [-0.2, 0) is 4.79 Å². The lowest BCUT2D eigenvalue weighted by molar-refractivity contribution is -0.116. The van der Waals surface area contributed by atoms with Crippen LogP contribution in [0.25, 0.3) is 11.0 Å². The molecule has 2 aromatic carbocycles. The van der Waals surface area contributed by atoms with Crippen LogP contribution < -0.4 is 10.6 Å². The third-order valence-electron chi connectivity index (χ3n) is 4.15. The number of rotatable bonds is 3. The summed E-state index contributed by atoms with van der Waals surface area (Å²) < 4.78 is 13.5. The summed E-state index contributed by atoms with van der Waals surface area (Å²) in [4.78, 5) is 19.2. The Morgan fingerprint density at radius 3 is 3.04 bits per heavy atom. The molecule has 1 aliphatic heterocycles. The van der Waals surface area contributed by atoms with Crippen LogP contribution in [0.1, 0.15) is 17.9 Å². The van der Waals surface area contributed by atoms with Gasteiger partial charge in [-0.3, -0.25) is 4.79 Å². The van der Waals surface area contributed by atoms with Gasteiger partial charge >= 0.3 is 0 Å². The molecule has 1 unspecified atom stereocenters. The molecule has 5 nitrogen and oxygen atoms in total. The predicted molar refractivity (Wildman–Crippen MR) is 92.0 cm³/mol. The van der Waals surface area contributed by atoms with Gasteiger partial charge in [0.05, 0.1) is 16.1 Å². The third kappa shape index (κ3) is 2.69. The smallest absolute Gasteiger partial charge is 0.225 e. The van der Waals surface area contributed by atoms with E-state index in [-0.39, 0.29) is 16.8 Å². The molecule has 122 valence electrons. The minimum Gasteiger partial charge on any atom is -0.355 e. The molecule has 3 aromatic rings. The highest BCUT2D eigenvalue weighted by Crippen LogP contribution is 2.32. The van der Waals surface area contributed by atoms with Crippen molar-refractivity contribution in [3.8, 4) is 0 Å². The second-order valence-electron chi connectivity index (χ2n) is 5.79. The Morgan fingerprint density at radius 2 is 2.17 bits per heavy atom. The van der Waals surface area contributed by atoms with Gasteiger partial charge in [0.2, 0.25) is 11.9 Å². The van der Waals surface area contributed by atoms with E-state index >= 15 is 0 Å². The maximum absolute atomic E-state index is 13.5. The number of amides is 1. The number of benzene rings is 2. The van der Waals surface area contributed by atoms with E-state index in [1.54, 1.807) is 0 Å². The Hall–Kier alpha value is -2.60. The van der Waals surface area contributed by atoms with Crippen molar-refractivity contribution in [3.05, 3.63) is 52.8 Å². The van der Waals surface area contributed by atoms with E-state index in [1.165, 1.54) is 12.1 Å². The largest absolute Gasteiger partial charge is 0.355 e. The maximum Gasteiger partial charge on any atom is 0.225 e. The van der Waals surface area contributed by atoms with Crippen molar-refractivity contribution >= 4 is 40.2 Å². The van der Waals surface area contributed by atoms with Gasteiger partial charge in [-0.15, -0.1) is 0 Å². The van der Waals surface area contributed by atoms with Gasteiger partial charge in [0.25, 0.3) is 0 Å². The number of aromatic nitrogens is 2. The first-order valence-electron chi connectivity index (χ1n) is 7.57. The first-order valence-corrected chi connectivity index (χ1v) is 7.95. The molecule has 0 fully saturated rings. The molecule has 0 spiro atoms. The Balaban J connectivity index is 1.56. The molecule has 0 saturated carbocycles. The molecular weight excluding hydrogens is 331 g/mol. The average Bonchev–Trinajstić information content (AvgIpc) is 2.94. The van der Waals surface area contributed by atoms with Gasteiger partial charge in [-0.2, -0.15) is 0 Å². The lowest BCUT2D eigenvalue weighted by atomic mass is 9.90. The number of H-pyrrole nitrogens is 1. The summed E-state index contributed by atoms with van der Waals surface area (Å²) in [6.07, 6.45) is 0.407. The third-order valence-corrected chi connectivity index (χ3v) is 4.44. The van der Waals surface area contributed by atoms with Crippen molar-refractivity contribution < 1.29 is 9.18 Å². The molecule has 1 aliphatic rings. The number of carbonyl (C=O) groups excluding carboxylic acids is 1. The van der Waals surface area contributed by atoms with Crippen molar-refractivity contribution in [3.63, 3.8) is 0 Å². The van der Waals surface area contributed by atoms with E-state index in [0.717, 1.165) is 11.3 Å². The van der Waals surface area contributed by atoms with E-state index in [9.17, 15) is 9.18 Å². The van der Waals surface area contributed by atoms with Crippen LogP contribution in [0, 0.1) is 5.82 Å². The minimum atomic E-state index is -0.489. The fourth-order valence-electron chi connectivity index (χ4n) is 2.99. The number of anilines is 2. The first-order chi connectivity index (χ1) is 11.6. The highest BCUT2D eigenvalue weighted by atomic mass is 35.5. The summed E-state index contributed by atoms with van der Waals surface area (Å²) in [5, 5.41) is 6.11.